The van der Waals surface area contributed by atoms with Crippen LogP contribution in [0.1, 0.15) is 17.6 Å². The molecule has 9 nitrogen and oxygen atoms in total. The standard InChI is InChI=1S/C19H16N6O3S3/c1-11(31-19-21-16(23-24-19)9-14-6-3-7-29-14)17(26)22-18-20-15(10-30-18)12-4-2-5-13(8-12)25(27)28/h2-8,10-11H,9H2,1H3,(H,20,22,26)(H,21,23,24). The lowest BCUT2D eigenvalue weighted by atomic mass is 10.1. The number of benzene rings is 1. The molecule has 3 heterocycles. The average Bonchev–Trinajstić information content (AvgIpc) is 3.51. The second-order valence-electron chi connectivity index (χ2n) is 6.42. The van der Waals surface area contributed by atoms with E-state index in [4.69, 9.17) is 0 Å². The number of carbonyl (C=O) groups is 1. The van der Waals surface area contributed by atoms with Gasteiger partial charge in [0.1, 0.15) is 5.82 Å². The Morgan fingerprint density at radius 1 is 1.29 bits per heavy atom. The number of thiazole rings is 1. The molecular weight excluding hydrogens is 456 g/mol. The molecule has 0 saturated heterocycles. The molecule has 0 radical (unpaired) electrons. The van der Waals surface area contributed by atoms with Gasteiger partial charge < -0.3 is 5.32 Å². The van der Waals surface area contributed by atoms with Crippen LogP contribution in [0, 0.1) is 10.1 Å². The molecule has 0 spiro atoms. The van der Waals surface area contributed by atoms with Gasteiger partial charge in [0.05, 0.1) is 15.9 Å². The highest BCUT2D eigenvalue weighted by Gasteiger charge is 2.19. The normalized spacial score (nSPS) is 11.9. The van der Waals surface area contributed by atoms with E-state index >= 15 is 0 Å². The Labute approximate surface area is 189 Å². The van der Waals surface area contributed by atoms with Crippen molar-refractivity contribution >= 4 is 51.2 Å². The van der Waals surface area contributed by atoms with Crippen LogP contribution in [0.15, 0.2) is 52.3 Å². The molecular formula is C19H16N6O3S3. The predicted molar refractivity (Wildman–Crippen MR) is 122 cm³/mol. The maximum absolute atomic E-state index is 12.6. The number of nitrogens with one attached hydrogen (secondary N) is 2. The number of hydrogen-bond acceptors (Lipinski definition) is 9. The van der Waals surface area contributed by atoms with Crippen molar-refractivity contribution in [3.63, 3.8) is 0 Å². The first-order chi connectivity index (χ1) is 15.0. The number of carbonyl (C=O) groups excluding carboxylic acids is 1. The Hall–Kier alpha value is -3.09. The summed E-state index contributed by atoms with van der Waals surface area (Å²) in [6.07, 6.45) is 0.672. The van der Waals surface area contributed by atoms with E-state index in [-0.39, 0.29) is 11.6 Å². The third-order valence-electron chi connectivity index (χ3n) is 4.17. The fraction of sp³-hybridized carbons (Fsp3) is 0.158. The van der Waals surface area contributed by atoms with E-state index in [1.165, 1.54) is 40.1 Å². The summed E-state index contributed by atoms with van der Waals surface area (Å²) in [6.45, 7) is 1.77. The zero-order valence-corrected chi connectivity index (χ0v) is 18.6. The van der Waals surface area contributed by atoms with Gasteiger partial charge in [0.25, 0.3) is 5.69 Å². The van der Waals surface area contributed by atoms with Gasteiger partial charge in [0.15, 0.2) is 5.13 Å². The number of nitro benzene ring substituents is 1. The van der Waals surface area contributed by atoms with Gasteiger partial charge >= 0.3 is 0 Å². The van der Waals surface area contributed by atoms with Gasteiger partial charge in [0.2, 0.25) is 11.1 Å². The molecule has 1 unspecified atom stereocenters. The van der Waals surface area contributed by atoms with Gasteiger partial charge in [0, 0.05) is 34.4 Å². The molecule has 12 heteroatoms. The number of aromatic amines is 1. The zero-order valence-electron chi connectivity index (χ0n) is 16.1. The molecule has 158 valence electrons. The van der Waals surface area contributed by atoms with Crippen molar-refractivity contribution in [2.45, 2.75) is 23.8 Å². The molecule has 0 aliphatic carbocycles. The Bertz CT molecular complexity index is 1200. The minimum atomic E-state index is -0.452. The first-order valence-corrected chi connectivity index (χ1v) is 11.7. The molecule has 0 saturated carbocycles. The number of rotatable bonds is 8. The number of amides is 1. The molecule has 1 atom stereocenters. The van der Waals surface area contributed by atoms with Crippen LogP contribution in [-0.2, 0) is 11.2 Å². The topological polar surface area (TPSA) is 127 Å². The number of non-ortho nitro benzene ring substituents is 1. The number of hydrogen-bond donors (Lipinski definition) is 2. The molecule has 2 N–H and O–H groups in total. The maximum atomic E-state index is 12.6. The van der Waals surface area contributed by atoms with Crippen LogP contribution < -0.4 is 5.32 Å². The van der Waals surface area contributed by atoms with Gasteiger partial charge in [-0.3, -0.25) is 20.0 Å². The van der Waals surface area contributed by atoms with E-state index < -0.39 is 10.2 Å². The minimum absolute atomic E-state index is 0.00828. The van der Waals surface area contributed by atoms with Gasteiger partial charge in [-0.05, 0) is 18.4 Å². The largest absolute Gasteiger partial charge is 0.301 e. The van der Waals surface area contributed by atoms with E-state index in [1.54, 1.807) is 35.8 Å². The van der Waals surface area contributed by atoms with Crippen LogP contribution in [0.5, 0.6) is 0 Å². The number of nitro groups is 1. The Morgan fingerprint density at radius 2 is 2.16 bits per heavy atom. The van der Waals surface area contributed by atoms with E-state index in [9.17, 15) is 14.9 Å². The summed E-state index contributed by atoms with van der Waals surface area (Å²) in [4.78, 5) is 33.0. The molecule has 1 amide bonds. The lowest BCUT2D eigenvalue weighted by Gasteiger charge is -2.07. The molecule has 0 aliphatic heterocycles. The van der Waals surface area contributed by atoms with Gasteiger partial charge in [-0.2, -0.15) is 0 Å². The van der Waals surface area contributed by atoms with Gasteiger partial charge in [-0.1, -0.05) is 30.0 Å². The first kappa shape index (κ1) is 21.2. The monoisotopic (exact) mass is 472 g/mol. The number of thiophene rings is 1. The van der Waals surface area contributed by atoms with Crippen molar-refractivity contribution in [2.75, 3.05) is 5.32 Å². The second kappa shape index (κ2) is 9.37. The number of nitrogens with zero attached hydrogens (tertiary/aromatic N) is 4. The van der Waals surface area contributed by atoms with Crippen LogP contribution in [0.3, 0.4) is 0 Å². The molecule has 4 aromatic rings. The smallest absolute Gasteiger partial charge is 0.270 e. The first-order valence-electron chi connectivity index (χ1n) is 9.09. The van der Waals surface area contributed by atoms with E-state index in [0.29, 0.717) is 28.0 Å². The van der Waals surface area contributed by atoms with Crippen molar-refractivity contribution < 1.29 is 9.72 Å². The average molecular weight is 473 g/mol. The van der Waals surface area contributed by atoms with E-state index in [2.05, 4.69) is 25.5 Å². The second-order valence-corrected chi connectivity index (χ2v) is 9.61. The quantitative estimate of drug-likeness (QED) is 0.218. The van der Waals surface area contributed by atoms with Crippen molar-refractivity contribution in [1.82, 2.24) is 20.2 Å². The molecule has 0 aliphatic rings. The number of aromatic nitrogens is 4. The van der Waals surface area contributed by atoms with Crippen LogP contribution in [0.4, 0.5) is 10.8 Å². The highest BCUT2D eigenvalue weighted by molar-refractivity contribution is 8.00. The summed E-state index contributed by atoms with van der Waals surface area (Å²) in [6, 6.07) is 10.2. The SMILES string of the molecule is CC(Sc1n[nH]c(Cc2cccs2)n1)C(=O)Nc1nc(-c2cccc([N+](=O)[O-])c2)cs1. The molecule has 0 bridgehead atoms. The van der Waals surface area contributed by atoms with Gasteiger partial charge in [-0.25, -0.2) is 9.97 Å². The molecule has 3 aromatic heterocycles. The maximum Gasteiger partial charge on any atom is 0.270 e. The third-order valence-corrected chi connectivity index (χ3v) is 6.77. The summed E-state index contributed by atoms with van der Waals surface area (Å²) >= 11 is 4.16. The lowest BCUT2D eigenvalue weighted by molar-refractivity contribution is -0.384. The van der Waals surface area contributed by atoms with Crippen molar-refractivity contribution in [3.8, 4) is 11.3 Å². The Balaban J connectivity index is 1.36. The van der Waals surface area contributed by atoms with Crippen LogP contribution >= 0.6 is 34.4 Å². The van der Waals surface area contributed by atoms with Crippen LogP contribution in [0.2, 0.25) is 0 Å². The highest BCUT2D eigenvalue weighted by Crippen LogP contribution is 2.28. The van der Waals surface area contributed by atoms with E-state index in [1.807, 2.05) is 17.5 Å². The fourth-order valence-corrected chi connectivity index (χ4v) is 4.82. The summed E-state index contributed by atoms with van der Waals surface area (Å²) < 4.78 is 0. The Kier molecular flexibility index (Phi) is 6.39. The number of thioether (sulfide) groups is 1. The summed E-state index contributed by atoms with van der Waals surface area (Å²) in [5.41, 5.74) is 1.18. The lowest BCUT2D eigenvalue weighted by Crippen LogP contribution is -2.22. The summed E-state index contributed by atoms with van der Waals surface area (Å²) in [5.74, 6) is 0.522. The van der Waals surface area contributed by atoms with Crippen LogP contribution in [0.25, 0.3) is 11.3 Å². The molecule has 0 fully saturated rings. The molecule has 1 aromatic carbocycles. The summed E-state index contributed by atoms with van der Waals surface area (Å²) in [5, 5.41) is 25.1. The zero-order chi connectivity index (χ0) is 21.8. The van der Waals surface area contributed by atoms with Crippen molar-refractivity contribution in [2.24, 2.45) is 0 Å². The summed E-state index contributed by atoms with van der Waals surface area (Å²) in [7, 11) is 0. The van der Waals surface area contributed by atoms with Crippen molar-refractivity contribution in [3.05, 3.63) is 68.0 Å². The third kappa shape index (κ3) is 5.34. The minimum Gasteiger partial charge on any atom is -0.301 e. The highest BCUT2D eigenvalue weighted by atomic mass is 32.2. The number of anilines is 1. The van der Waals surface area contributed by atoms with Gasteiger partial charge in [-0.15, -0.1) is 27.8 Å². The van der Waals surface area contributed by atoms with Crippen molar-refractivity contribution in [1.29, 1.82) is 0 Å². The molecule has 31 heavy (non-hydrogen) atoms. The molecule has 4 rings (SSSR count). The fourth-order valence-electron chi connectivity index (χ4n) is 2.65. The van der Waals surface area contributed by atoms with E-state index in [0.717, 1.165) is 5.82 Å². The predicted octanol–water partition coefficient (Wildman–Crippen LogP) is 4.61. The van der Waals surface area contributed by atoms with Crippen LogP contribution in [-0.4, -0.2) is 36.2 Å². The Morgan fingerprint density at radius 3 is 2.94 bits per heavy atom. The number of H-pyrrole nitrogens is 1.